The van der Waals surface area contributed by atoms with Crippen LogP contribution in [0.5, 0.6) is 0 Å². The van der Waals surface area contributed by atoms with E-state index in [9.17, 15) is 9.59 Å². The van der Waals surface area contributed by atoms with Gasteiger partial charge in [0.05, 0.1) is 6.20 Å². The van der Waals surface area contributed by atoms with Gasteiger partial charge in [-0.05, 0) is 17.7 Å². The van der Waals surface area contributed by atoms with E-state index in [0.717, 1.165) is 5.56 Å². The second-order valence-electron chi connectivity index (χ2n) is 3.87. The van der Waals surface area contributed by atoms with Gasteiger partial charge in [0.15, 0.2) is 0 Å². The summed E-state index contributed by atoms with van der Waals surface area (Å²) in [7, 11) is 0. The predicted molar refractivity (Wildman–Crippen MR) is 74.3 cm³/mol. The van der Waals surface area contributed by atoms with E-state index in [1.54, 1.807) is 24.3 Å². The van der Waals surface area contributed by atoms with Crippen molar-refractivity contribution in [2.75, 3.05) is 0 Å². The van der Waals surface area contributed by atoms with Crippen LogP contribution in [-0.2, 0) is 11.3 Å². The van der Waals surface area contributed by atoms with Gasteiger partial charge >= 0.3 is 6.09 Å². The van der Waals surface area contributed by atoms with Crippen molar-refractivity contribution in [1.29, 1.82) is 0 Å². The number of halogens is 1. The lowest BCUT2D eigenvalue weighted by Crippen LogP contribution is -2.42. The van der Waals surface area contributed by atoms with Crippen molar-refractivity contribution in [1.82, 2.24) is 20.8 Å². The van der Waals surface area contributed by atoms with Crippen LogP contribution in [-0.4, -0.2) is 22.0 Å². The molecule has 0 fully saturated rings. The number of hydrazine groups is 1. The third-order valence-electron chi connectivity index (χ3n) is 2.36. The number of nitrogens with one attached hydrogen (secondary N) is 2. The molecule has 2 aromatic rings. The Balaban J connectivity index is 1.75. The first-order chi connectivity index (χ1) is 10.1. The van der Waals surface area contributed by atoms with Gasteiger partial charge in [0.25, 0.3) is 5.91 Å². The Morgan fingerprint density at radius 2 is 1.90 bits per heavy atom. The lowest BCUT2D eigenvalue weighted by Gasteiger charge is -2.08. The van der Waals surface area contributed by atoms with Crippen LogP contribution >= 0.6 is 11.6 Å². The number of hydrogen-bond donors (Lipinski definition) is 2. The van der Waals surface area contributed by atoms with E-state index >= 15 is 0 Å². The van der Waals surface area contributed by atoms with Gasteiger partial charge in [-0.1, -0.05) is 23.7 Å². The summed E-state index contributed by atoms with van der Waals surface area (Å²) in [5.41, 5.74) is 5.12. The fraction of sp³-hybridized carbons (Fsp3) is 0.0769. The van der Waals surface area contributed by atoms with E-state index < -0.39 is 12.0 Å². The Hall–Kier alpha value is -2.67. The van der Waals surface area contributed by atoms with Crippen molar-refractivity contribution in [3.8, 4) is 0 Å². The molecule has 0 unspecified atom stereocenters. The first-order valence-electron chi connectivity index (χ1n) is 5.89. The van der Waals surface area contributed by atoms with Crippen LogP contribution < -0.4 is 10.9 Å². The Kier molecular flexibility index (Phi) is 5.05. The van der Waals surface area contributed by atoms with Crippen molar-refractivity contribution in [3.05, 3.63) is 59.1 Å². The minimum atomic E-state index is -0.790. The van der Waals surface area contributed by atoms with Gasteiger partial charge in [-0.3, -0.25) is 15.2 Å². The fourth-order valence-electron chi connectivity index (χ4n) is 1.35. The van der Waals surface area contributed by atoms with Gasteiger partial charge in [-0.15, -0.1) is 0 Å². The third-order valence-corrected chi connectivity index (χ3v) is 2.61. The largest absolute Gasteiger partial charge is 0.443 e. The number of ether oxygens (including phenoxy) is 1. The molecule has 1 aromatic heterocycles. The maximum absolute atomic E-state index is 11.6. The Bertz CT molecular complexity index is 619. The normalized spacial score (nSPS) is 9.76. The summed E-state index contributed by atoms with van der Waals surface area (Å²) in [6, 6.07) is 6.84. The highest BCUT2D eigenvalue weighted by molar-refractivity contribution is 6.30. The zero-order chi connectivity index (χ0) is 15.1. The molecule has 0 saturated carbocycles. The number of aromatic nitrogens is 2. The molecule has 0 aliphatic carbocycles. The Morgan fingerprint density at radius 3 is 2.57 bits per heavy atom. The highest BCUT2D eigenvalue weighted by Crippen LogP contribution is 2.10. The van der Waals surface area contributed by atoms with Crippen LogP contribution in [0.4, 0.5) is 4.79 Å². The molecule has 0 bridgehead atoms. The van der Waals surface area contributed by atoms with Crippen molar-refractivity contribution in [3.63, 3.8) is 0 Å². The van der Waals surface area contributed by atoms with Gasteiger partial charge in [0, 0.05) is 17.4 Å². The molecule has 2 N–H and O–H groups in total. The summed E-state index contributed by atoms with van der Waals surface area (Å²) in [6.07, 6.45) is 3.29. The molecule has 0 saturated heterocycles. The molecule has 1 heterocycles. The summed E-state index contributed by atoms with van der Waals surface area (Å²) >= 11 is 5.74. The van der Waals surface area contributed by atoms with Gasteiger partial charge in [-0.2, -0.15) is 0 Å². The van der Waals surface area contributed by atoms with Gasteiger partial charge in [0.2, 0.25) is 0 Å². The summed E-state index contributed by atoms with van der Waals surface area (Å²) in [4.78, 5) is 30.5. The molecule has 0 atom stereocenters. The molecule has 2 rings (SSSR count). The molecule has 0 radical (unpaired) electrons. The van der Waals surface area contributed by atoms with Crippen LogP contribution in [0.25, 0.3) is 0 Å². The highest BCUT2D eigenvalue weighted by Gasteiger charge is 2.09. The number of nitrogens with zero attached hydrogens (tertiary/aromatic N) is 2. The van der Waals surface area contributed by atoms with Crippen molar-refractivity contribution < 1.29 is 14.3 Å². The summed E-state index contributed by atoms with van der Waals surface area (Å²) in [5.74, 6) is -0.591. The first-order valence-corrected chi connectivity index (χ1v) is 6.26. The monoisotopic (exact) mass is 306 g/mol. The van der Waals surface area contributed by atoms with Crippen LogP contribution in [0.2, 0.25) is 5.02 Å². The second kappa shape index (κ2) is 7.20. The fourth-order valence-corrected chi connectivity index (χ4v) is 1.48. The number of rotatable bonds is 3. The lowest BCUT2D eigenvalue weighted by atomic mass is 10.2. The number of amides is 2. The number of hydrogen-bond acceptors (Lipinski definition) is 5. The molecule has 0 aliphatic rings. The standard InChI is InChI=1S/C13H11ClN4O3/c14-10-3-1-9(2-4-10)8-21-13(20)18-17-12(19)11-7-15-5-6-16-11/h1-7H,8H2,(H,17,19)(H,18,20). The summed E-state index contributed by atoms with van der Waals surface area (Å²) in [6.45, 7) is 0.0595. The molecule has 21 heavy (non-hydrogen) atoms. The number of benzene rings is 1. The summed E-state index contributed by atoms with van der Waals surface area (Å²) in [5, 5.41) is 0.597. The second-order valence-corrected chi connectivity index (χ2v) is 4.31. The van der Waals surface area contributed by atoms with Crippen LogP contribution in [0.1, 0.15) is 16.1 Å². The van der Waals surface area contributed by atoms with Gasteiger partial charge < -0.3 is 4.74 Å². The number of carbonyl (C=O) groups excluding carboxylic acids is 2. The Labute approximate surface area is 125 Å². The van der Waals surface area contributed by atoms with E-state index in [1.807, 2.05) is 0 Å². The maximum atomic E-state index is 11.6. The molecule has 7 nitrogen and oxygen atoms in total. The molecule has 108 valence electrons. The smallest absolute Gasteiger partial charge is 0.426 e. The molecular weight excluding hydrogens is 296 g/mol. The van der Waals surface area contributed by atoms with Crippen molar-refractivity contribution >= 4 is 23.6 Å². The molecular formula is C13H11ClN4O3. The quantitative estimate of drug-likeness (QED) is 0.842. The minimum Gasteiger partial charge on any atom is -0.443 e. The topological polar surface area (TPSA) is 93.2 Å². The van der Waals surface area contributed by atoms with Crippen molar-refractivity contribution in [2.45, 2.75) is 6.61 Å². The van der Waals surface area contributed by atoms with Crippen LogP contribution in [0.3, 0.4) is 0 Å². The number of carbonyl (C=O) groups is 2. The zero-order valence-electron chi connectivity index (χ0n) is 10.7. The van der Waals surface area contributed by atoms with E-state index in [1.165, 1.54) is 18.6 Å². The Morgan fingerprint density at radius 1 is 1.14 bits per heavy atom. The molecule has 0 spiro atoms. The maximum Gasteiger partial charge on any atom is 0.426 e. The first kappa shape index (κ1) is 14.7. The van der Waals surface area contributed by atoms with E-state index in [2.05, 4.69) is 20.8 Å². The van der Waals surface area contributed by atoms with Gasteiger partial charge in [0.1, 0.15) is 12.3 Å². The lowest BCUT2D eigenvalue weighted by molar-refractivity contribution is 0.0899. The minimum absolute atomic E-state index is 0.0595. The average Bonchev–Trinajstić information content (AvgIpc) is 2.53. The predicted octanol–water partition coefficient (Wildman–Crippen LogP) is 1.70. The molecule has 1 aromatic carbocycles. The SMILES string of the molecule is O=C(NNC(=O)c1cnccn1)OCc1ccc(Cl)cc1. The summed E-state index contributed by atoms with van der Waals surface area (Å²) < 4.78 is 4.91. The van der Waals surface area contributed by atoms with Crippen LogP contribution in [0.15, 0.2) is 42.9 Å². The van der Waals surface area contributed by atoms with Crippen molar-refractivity contribution in [2.24, 2.45) is 0 Å². The third kappa shape index (κ3) is 4.73. The molecule has 8 heteroatoms. The van der Waals surface area contributed by atoms with Crippen LogP contribution in [0, 0.1) is 0 Å². The molecule has 2 amide bonds. The zero-order valence-corrected chi connectivity index (χ0v) is 11.5. The highest BCUT2D eigenvalue weighted by atomic mass is 35.5. The van der Waals surface area contributed by atoms with Gasteiger partial charge in [-0.25, -0.2) is 15.2 Å². The van der Waals surface area contributed by atoms with E-state index in [-0.39, 0.29) is 12.3 Å². The molecule has 0 aliphatic heterocycles. The van der Waals surface area contributed by atoms with E-state index in [4.69, 9.17) is 16.3 Å². The van der Waals surface area contributed by atoms with E-state index in [0.29, 0.717) is 5.02 Å². The average molecular weight is 307 g/mol.